The van der Waals surface area contributed by atoms with Crippen LogP contribution >= 0.6 is 0 Å². The molecule has 7 heteroatoms. The highest BCUT2D eigenvalue weighted by Gasteiger charge is 2.18. The first-order valence-electron chi connectivity index (χ1n) is 8.19. The van der Waals surface area contributed by atoms with Gasteiger partial charge in [-0.2, -0.15) is 5.10 Å². The third-order valence-electron chi connectivity index (χ3n) is 3.70. The lowest BCUT2D eigenvalue weighted by molar-refractivity contribution is 0.0948. The van der Waals surface area contributed by atoms with E-state index >= 15 is 0 Å². The molecule has 0 radical (unpaired) electrons. The van der Waals surface area contributed by atoms with E-state index < -0.39 is 5.91 Å². The number of nitrogens with zero attached hydrogens (tertiary/aromatic N) is 2. The predicted molar refractivity (Wildman–Crippen MR) is 96.8 cm³/mol. The Morgan fingerprint density at radius 2 is 1.74 bits per heavy atom. The van der Waals surface area contributed by atoms with E-state index in [1.807, 2.05) is 0 Å². The molecular formula is C20H17F2N3O2. The van der Waals surface area contributed by atoms with Crippen LogP contribution in [0.1, 0.15) is 16.1 Å². The molecule has 0 saturated heterocycles. The predicted octanol–water partition coefficient (Wildman–Crippen LogP) is 3.65. The van der Waals surface area contributed by atoms with Crippen LogP contribution in [-0.2, 0) is 6.61 Å². The lowest BCUT2D eigenvalue weighted by atomic mass is 10.2. The number of benzene rings is 2. The molecule has 0 fully saturated rings. The zero-order valence-corrected chi connectivity index (χ0v) is 14.4. The summed E-state index contributed by atoms with van der Waals surface area (Å²) in [6.45, 7) is 3.97. The van der Waals surface area contributed by atoms with Crippen LogP contribution in [-0.4, -0.2) is 22.2 Å². The molecule has 0 unspecified atom stereocenters. The lowest BCUT2D eigenvalue weighted by Crippen LogP contribution is -2.24. The molecule has 0 aliphatic rings. The molecule has 3 aromatic rings. The number of aromatic nitrogens is 2. The minimum absolute atomic E-state index is 0.0864. The summed E-state index contributed by atoms with van der Waals surface area (Å²) in [5.41, 5.74) is 1.40. The minimum atomic E-state index is -0.426. The van der Waals surface area contributed by atoms with Crippen molar-refractivity contribution in [3.05, 3.63) is 90.3 Å². The Labute approximate surface area is 154 Å². The summed E-state index contributed by atoms with van der Waals surface area (Å²) in [5, 5.41) is 6.90. The summed E-state index contributed by atoms with van der Waals surface area (Å²) in [5.74, 6) is -0.884. The fraction of sp³-hybridized carbons (Fsp3) is 0.100. The van der Waals surface area contributed by atoms with Crippen molar-refractivity contribution >= 4 is 5.91 Å². The average Bonchev–Trinajstić information content (AvgIpc) is 3.10. The zero-order valence-electron chi connectivity index (χ0n) is 14.4. The van der Waals surface area contributed by atoms with Crippen molar-refractivity contribution in [2.45, 2.75) is 6.61 Å². The monoisotopic (exact) mass is 369 g/mol. The van der Waals surface area contributed by atoms with Gasteiger partial charge in [0.15, 0.2) is 11.4 Å². The molecule has 3 rings (SSSR count). The molecular weight excluding hydrogens is 352 g/mol. The Kier molecular flexibility index (Phi) is 5.61. The van der Waals surface area contributed by atoms with E-state index in [9.17, 15) is 13.6 Å². The summed E-state index contributed by atoms with van der Waals surface area (Å²) >= 11 is 0. The molecule has 1 amide bonds. The van der Waals surface area contributed by atoms with Gasteiger partial charge in [-0.1, -0.05) is 18.2 Å². The van der Waals surface area contributed by atoms with Crippen molar-refractivity contribution in [3.63, 3.8) is 0 Å². The van der Waals surface area contributed by atoms with Crippen molar-refractivity contribution in [3.8, 4) is 11.4 Å². The molecule has 1 N–H and O–H groups in total. The highest BCUT2D eigenvalue weighted by Crippen LogP contribution is 2.21. The van der Waals surface area contributed by atoms with Crippen molar-refractivity contribution < 1.29 is 18.3 Å². The largest absolute Gasteiger partial charge is 0.485 e. The van der Waals surface area contributed by atoms with Gasteiger partial charge in [0.1, 0.15) is 18.2 Å². The van der Waals surface area contributed by atoms with Gasteiger partial charge in [-0.15, -0.1) is 6.58 Å². The van der Waals surface area contributed by atoms with E-state index in [2.05, 4.69) is 17.0 Å². The van der Waals surface area contributed by atoms with Crippen LogP contribution in [0.4, 0.5) is 8.78 Å². The normalized spacial score (nSPS) is 10.4. The molecule has 2 aromatic carbocycles. The third-order valence-corrected chi connectivity index (χ3v) is 3.70. The lowest BCUT2D eigenvalue weighted by Gasteiger charge is -2.06. The number of carbonyl (C=O) groups excluding carboxylic acids is 1. The molecule has 0 bridgehead atoms. The maximum absolute atomic E-state index is 13.1. The van der Waals surface area contributed by atoms with Crippen LogP contribution < -0.4 is 10.1 Å². The second-order valence-corrected chi connectivity index (χ2v) is 5.68. The number of halogens is 2. The topological polar surface area (TPSA) is 56.2 Å². The molecule has 1 aromatic heterocycles. The van der Waals surface area contributed by atoms with Gasteiger partial charge in [0.2, 0.25) is 0 Å². The van der Waals surface area contributed by atoms with E-state index in [1.54, 1.807) is 24.4 Å². The van der Waals surface area contributed by atoms with Crippen molar-refractivity contribution in [1.82, 2.24) is 15.1 Å². The molecule has 138 valence electrons. The molecule has 0 saturated carbocycles. The second-order valence-electron chi connectivity index (χ2n) is 5.68. The standard InChI is InChI=1S/C20H17F2N3O2/c1-2-11-23-20(26)19-18(27-13-14-3-5-15(21)6-4-14)12-25(24-19)17-9-7-16(22)8-10-17/h2-10,12H,1,11,13H2,(H,23,26). The van der Waals surface area contributed by atoms with Crippen molar-refractivity contribution in [2.75, 3.05) is 6.54 Å². The second kappa shape index (κ2) is 8.27. The quantitative estimate of drug-likeness (QED) is 0.647. The summed E-state index contributed by atoms with van der Waals surface area (Å²) in [6, 6.07) is 11.5. The number of nitrogens with one attached hydrogen (secondary N) is 1. The molecule has 0 aliphatic carbocycles. The van der Waals surface area contributed by atoms with Crippen LogP contribution in [0, 0.1) is 11.6 Å². The fourth-order valence-corrected chi connectivity index (χ4v) is 2.34. The van der Waals surface area contributed by atoms with Crippen LogP contribution in [0.5, 0.6) is 5.75 Å². The van der Waals surface area contributed by atoms with Gasteiger partial charge in [0.05, 0.1) is 11.9 Å². The smallest absolute Gasteiger partial charge is 0.275 e. The fourth-order valence-electron chi connectivity index (χ4n) is 2.34. The number of ether oxygens (including phenoxy) is 1. The molecule has 0 spiro atoms. The van der Waals surface area contributed by atoms with Gasteiger partial charge in [0, 0.05) is 6.54 Å². The Morgan fingerprint density at radius 3 is 2.37 bits per heavy atom. The molecule has 0 atom stereocenters. The zero-order chi connectivity index (χ0) is 19.2. The van der Waals surface area contributed by atoms with Gasteiger partial charge in [-0.3, -0.25) is 4.79 Å². The highest BCUT2D eigenvalue weighted by atomic mass is 19.1. The summed E-state index contributed by atoms with van der Waals surface area (Å²) in [7, 11) is 0. The maximum Gasteiger partial charge on any atom is 0.275 e. The molecule has 0 aliphatic heterocycles. The Hall–Kier alpha value is -3.48. The summed E-state index contributed by atoms with van der Waals surface area (Å²) in [4.78, 5) is 12.4. The first-order chi connectivity index (χ1) is 13.1. The Morgan fingerprint density at radius 1 is 1.11 bits per heavy atom. The third kappa shape index (κ3) is 4.58. The minimum Gasteiger partial charge on any atom is -0.485 e. The van der Waals surface area contributed by atoms with E-state index in [0.29, 0.717) is 5.69 Å². The van der Waals surface area contributed by atoms with Gasteiger partial charge >= 0.3 is 0 Å². The molecule has 27 heavy (non-hydrogen) atoms. The van der Waals surface area contributed by atoms with E-state index in [0.717, 1.165) is 5.56 Å². The van der Waals surface area contributed by atoms with Gasteiger partial charge < -0.3 is 10.1 Å². The molecule has 1 heterocycles. The summed E-state index contributed by atoms with van der Waals surface area (Å²) < 4.78 is 33.3. The van der Waals surface area contributed by atoms with E-state index in [1.165, 1.54) is 41.1 Å². The first kappa shape index (κ1) is 18.3. The van der Waals surface area contributed by atoms with Crippen LogP contribution in [0.2, 0.25) is 0 Å². The number of carbonyl (C=O) groups is 1. The number of rotatable bonds is 7. The van der Waals surface area contributed by atoms with Gasteiger partial charge in [-0.05, 0) is 42.0 Å². The van der Waals surface area contributed by atoms with Gasteiger partial charge in [0.25, 0.3) is 5.91 Å². The summed E-state index contributed by atoms with van der Waals surface area (Å²) in [6.07, 6.45) is 3.09. The average molecular weight is 369 g/mol. The molecule has 5 nitrogen and oxygen atoms in total. The van der Waals surface area contributed by atoms with Crippen LogP contribution in [0.25, 0.3) is 5.69 Å². The Balaban J connectivity index is 1.86. The van der Waals surface area contributed by atoms with E-state index in [-0.39, 0.29) is 36.2 Å². The van der Waals surface area contributed by atoms with Crippen LogP contribution in [0.3, 0.4) is 0 Å². The number of amides is 1. The SMILES string of the molecule is C=CCNC(=O)c1nn(-c2ccc(F)cc2)cc1OCc1ccc(F)cc1. The van der Waals surface area contributed by atoms with Crippen molar-refractivity contribution in [2.24, 2.45) is 0 Å². The van der Waals surface area contributed by atoms with Crippen molar-refractivity contribution in [1.29, 1.82) is 0 Å². The highest BCUT2D eigenvalue weighted by molar-refractivity contribution is 5.95. The number of hydrogen-bond donors (Lipinski definition) is 1. The first-order valence-corrected chi connectivity index (χ1v) is 8.19. The van der Waals surface area contributed by atoms with E-state index in [4.69, 9.17) is 4.74 Å². The van der Waals surface area contributed by atoms with Crippen LogP contribution in [0.15, 0.2) is 67.4 Å². The number of hydrogen-bond acceptors (Lipinski definition) is 3. The Bertz CT molecular complexity index is 935. The van der Waals surface area contributed by atoms with Gasteiger partial charge in [-0.25, -0.2) is 13.5 Å². The maximum atomic E-state index is 13.1.